The molecule has 0 aliphatic carbocycles. The summed E-state index contributed by atoms with van der Waals surface area (Å²) in [5, 5.41) is 5.47. The van der Waals surface area contributed by atoms with Gasteiger partial charge in [0.2, 0.25) is 5.95 Å². The summed E-state index contributed by atoms with van der Waals surface area (Å²) in [5.41, 5.74) is 0.855. The van der Waals surface area contributed by atoms with Crippen molar-refractivity contribution in [3.8, 4) is 11.5 Å². The number of carbonyl (C=O) groups is 1. The van der Waals surface area contributed by atoms with Crippen molar-refractivity contribution in [1.82, 2.24) is 9.97 Å². The number of benzene rings is 2. The quantitative estimate of drug-likeness (QED) is 0.691. The molecule has 0 aliphatic heterocycles. The number of anilines is 3. The van der Waals surface area contributed by atoms with E-state index >= 15 is 0 Å². The first-order valence-corrected chi connectivity index (χ1v) is 7.98. The van der Waals surface area contributed by atoms with E-state index in [0.717, 1.165) is 0 Å². The second-order valence-corrected chi connectivity index (χ2v) is 5.39. The molecule has 138 valence electrons. The average molecular weight is 368 g/mol. The molecule has 1 amide bonds. The monoisotopic (exact) mass is 368 g/mol. The SMILES string of the molecule is COc1ccc(NC(=O)c2ccnc(Nc3ccccc3F)n2)cc1OC. The molecule has 1 aromatic heterocycles. The zero-order valence-electron chi connectivity index (χ0n) is 14.7. The third kappa shape index (κ3) is 4.30. The fraction of sp³-hybridized carbons (Fsp3) is 0.105. The lowest BCUT2D eigenvalue weighted by atomic mass is 10.2. The van der Waals surface area contributed by atoms with Crippen molar-refractivity contribution in [2.75, 3.05) is 24.9 Å². The number of rotatable bonds is 6. The van der Waals surface area contributed by atoms with Crippen LogP contribution in [0.15, 0.2) is 54.7 Å². The smallest absolute Gasteiger partial charge is 0.274 e. The van der Waals surface area contributed by atoms with Crippen LogP contribution in [0.3, 0.4) is 0 Å². The summed E-state index contributed by atoms with van der Waals surface area (Å²) >= 11 is 0. The van der Waals surface area contributed by atoms with Gasteiger partial charge in [0.15, 0.2) is 11.5 Å². The van der Waals surface area contributed by atoms with Gasteiger partial charge in [0.05, 0.1) is 19.9 Å². The molecule has 0 saturated heterocycles. The van der Waals surface area contributed by atoms with Gasteiger partial charge in [0, 0.05) is 18.0 Å². The van der Waals surface area contributed by atoms with Gasteiger partial charge in [-0.2, -0.15) is 0 Å². The minimum atomic E-state index is -0.443. The molecular formula is C19H17FN4O3. The highest BCUT2D eigenvalue weighted by Crippen LogP contribution is 2.29. The summed E-state index contributed by atoms with van der Waals surface area (Å²) in [4.78, 5) is 20.6. The fourth-order valence-electron chi connectivity index (χ4n) is 2.34. The van der Waals surface area contributed by atoms with E-state index in [2.05, 4.69) is 20.6 Å². The molecule has 2 N–H and O–H groups in total. The average Bonchev–Trinajstić information content (AvgIpc) is 2.70. The second kappa shape index (κ2) is 8.13. The lowest BCUT2D eigenvalue weighted by Gasteiger charge is -2.11. The van der Waals surface area contributed by atoms with Crippen molar-refractivity contribution in [3.63, 3.8) is 0 Å². The molecule has 0 spiro atoms. The molecule has 0 radical (unpaired) electrons. The van der Waals surface area contributed by atoms with Crippen molar-refractivity contribution in [1.29, 1.82) is 0 Å². The maximum absolute atomic E-state index is 13.7. The highest BCUT2D eigenvalue weighted by molar-refractivity contribution is 6.03. The van der Waals surface area contributed by atoms with Crippen LogP contribution >= 0.6 is 0 Å². The maximum Gasteiger partial charge on any atom is 0.274 e. The van der Waals surface area contributed by atoms with Gasteiger partial charge in [-0.05, 0) is 30.3 Å². The van der Waals surface area contributed by atoms with Crippen molar-refractivity contribution < 1.29 is 18.7 Å². The van der Waals surface area contributed by atoms with Gasteiger partial charge in [-0.1, -0.05) is 12.1 Å². The van der Waals surface area contributed by atoms with Gasteiger partial charge in [0.1, 0.15) is 11.5 Å². The Labute approximate surface area is 155 Å². The van der Waals surface area contributed by atoms with Crippen LogP contribution in [-0.2, 0) is 0 Å². The second-order valence-electron chi connectivity index (χ2n) is 5.39. The molecule has 0 aliphatic rings. The van der Waals surface area contributed by atoms with Crippen molar-refractivity contribution >= 4 is 23.2 Å². The zero-order chi connectivity index (χ0) is 19.2. The number of para-hydroxylation sites is 1. The topological polar surface area (TPSA) is 85.4 Å². The Hall–Kier alpha value is -3.68. The number of amides is 1. The number of hydrogen-bond donors (Lipinski definition) is 2. The minimum absolute atomic E-state index is 0.111. The van der Waals surface area contributed by atoms with Crippen LogP contribution in [-0.4, -0.2) is 30.1 Å². The summed E-state index contributed by atoms with van der Waals surface area (Å²) in [6, 6.07) is 12.6. The molecule has 0 unspecified atom stereocenters. The fourth-order valence-corrected chi connectivity index (χ4v) is 2.34. The predicted molar refractivity (Wildman–Crippen MR) is 99.2 cm³/mol. The summed E-state index contributed by atoms with van der Waals surface area (Å²) in [6.45, 7) is 0. The Morgan fingerprint density at radius 1 is 1.04 bits per heavy atom. The van der Waals surface area contributed by atoms with Gasteiger partial charge >= 0.3 is 0 Å². The third-order valence-corrected chi connectivity index (χ3v) is 3.65. The predicted octanol–water partition coefficient (Wildman–Crippen LogP) is 3.63. The molecular weight excluding hydrogens is 351 g/mol. The van der Waals surface area contributed by atoms with E-state index in [1.165, 1.54) is 32.5 Å². The first-order chi connectivity index (χ1) is 13.1. The van der Waals surface area contributed by atoms with Crippen LogP contribution in [0.2, 0.25) is 0 Å². The number of nitrogens with zero attached hydrogens (tertiary/aromatic N) is 2. The largest absolute Gasteiger partial charge is 0.493 e. The van der Waals surface area contributed by atoms with E-state index in [1.54, 1.807) is 36.4 Å². The molecule has 1 heterocycles. The number of halogens is 1. The van der Waals surface area contributed by atoms with E-state index in [1.807, 2.05) is 0 Å². The molecule has 3 rings (SSSR count). The summed E-state index contributed by atoms with van der Waals surface area (Å²) in [7, 11) is 3.04. The number of nitrogens with one attached hydrogen (secondary N) is 2. The van der Waals surface area contributed by atoms with Gasteiger partial charge in [-0.15, -0.1) is 0 Å². The van der Waals surface area contributed by atoms with Gasteiger partial charge in [-0.25, -0.2) is 14.4 Å². The molecule has 3 aromatic rings. The Bertz CT molecular complexity index is 965. The van der Waals surface area contributed by atoms with Crippen LogP contribution in [0, 0.1) is 5.82 Å². The third-order valence-electron chi connectivity index (χ3n) is 3.65. The van der Waals surface area contributed by atoms with Gasteiger partial charge < -0.3 is 20.1 Å². The van der Waals surface area contributed by atoms with E-state index in [4.69, 9.17) is 9.47 Å². The summed E-state index contributed by atoms with van der Waals surface area (Å²) in [6.07, 6.45) is 1.42. The summed E-state index contributed by atoms with van der Waals surface area (Å²) in [5.74, 6) is 0.261. The van der Waals surface area contributed by atoms with E-state index in [0.29, 0.717) is 17.2 Å². The van der Waals surface area contributed by atoms with E-state index < -0.39 is 11.7 Å². The van der Waals surface area contributed by atoms with Crippen molar-refractivity contribution in [2.24, 2.45) is 0 Å². The molecule has 0 fully saturated rings. The molecule has 27 heavy (non-hydrogen) atoms. The highest BCUT2D eigenvalue weighted by Gasteiger charge is 2.12. The van der Waals surface area contributed by atoms with Crippen LogP contribution in [0.1, 0.15) is 10.5 Å². The molecule has 0 bridgehead atoms. The number of hydrogen-bond acceptors (Lipinski definition) is 6. The lowest BCUT2D eigenvalue weighted by molar-refractivity contribution is 0.102. The maximum atomic E-state index is 13.7. The van der Waals surface area contributed by atoms with E-state index in [9.17, 15) is 9.18 Å². The summed E-state index contributed by atoms with van der Waals surface area (Å²) < 4.78 is 24.1. The molecule has 7 nitrogen and oxygen atoms in total. The Balaban J connectivity index is 1.77. The number of methoxy groups -OCH3 is 2. The molecule has 2 aromatic carbocycles. The first kappa shape index (κ1) is 18.1. The van der Waals surface area contributed by atoms with Crippen molar-refractivity contribution in [2.45, 2.75) is 0 Å². The normalized spacial score (nSPS) is 10.2. The number of carbonyl (C=O) groups excluding carboxylic acids is 1. The Morgan fingerprint density at radius 3 is 2.56 bits per heavy atom. The van der Waals surface area contributed by atoms with Crippen molar-refractivity contribution in [3.05, 3.63) is 66.2 Å². The number of aromatic nitrogens is 2. The van der Waals surface area contributed by atoms with Crippen LogP contribution < -0.4 is 20.1 Å². The Morgan fingerprint density at radius 2 is 1.81 bits per heavy atom. The van der Waals surface area contributed by atoms with Crippen LogP contribution in [0.25, 0.3) is 0 Å². The lowest BCUT2D eigenvalue weighted by Crippen LogP contribution is -2.15. The van der Waals surface area contributed by atoms with Gasteiger partial charge in [0.25, 0.3) is 5.91 Å². The standard InChI is InChI=1S/C19H17FN4O3/c1-26-16-8-7-12(11-17(16)27-2)22-18(25)15-9-10-21-19(24-15)23-14-6-4-3-5-13(14)20/h3-11H,1-2H3,(H,22,25)(H,21,23,24). The zero-order valence-corrected chi connectivity index (χ0v) is 14.7. The van der Waals surface area contributed by atoms with E-state index in [-0.39, 0.29) is 17.3 Å². The van der Waals surface area contributed by atoms with Crippen LogP contribution in [0.5, 0.6) is 11.5 Å². The molecule has 0 saturated carbocycles. The molecule has 0 atom stereocenters. The highest BCUT2D eigenvalue weighted by atomic mass is 19.1. The number of ether oxygens (including phenoxy) is 2. The minimum Gasteiger partial charge on any atom is -0.493 e. The van der Waals surface area contributed by atoms with Crippen LogP contribution in [0.4, 0.5) is 21.7 Å². The molecule has 8 heteroatoms. The van der Waals surface area contributed by atoms with Gasteiger partial charge in [-0.3, -0.25) is 4.79 Å². The first-order valence-electron chi connectivity index (χ1n) is 7.98. The Kier molecular flexibility index (Phi) is 5.46.